The molecule has 1 N–H and O–H groups in total. The first-order valence-corrected chi connectivity index (χ1v) is 11.1. The Morgan fingerprint density at radius 1 is 0.839 bits per heavy atom. The maximum atomic E-state index is 11.4. The molecule has 31 heavy (non-hydrogen) atoms. The summed E-state index contributed by atoms with van der Waals surface area (Å²) in [5.74, 6) is -0.160. The fourth-order valence-electron chi connectivity index (χ4n) is 2.74. The quantitative estimate of drug-likeness (QED) is 0.207. The van der Waals surface area contributed by atoms with Crippen LogP contribution >= 0.6 is 0 Å². The largest absolute Gasteiger partial charge is 0.380 e. The molecule has 0 atom stereocenters. The predicted octanol–water partition coefficient (Wildman–Crippen LogP) is 0.0499. The van der Waals surface area contributed by atoms with E-state index in [2.05, 4.69) is 5.32 Å². The molecule has 0 unspecified atom stereocenters. The van der Waals surface area contributed by atoms with Crippen molar-refractivity contribution < 1.29 is 33.3 Å². The molecule has 1 aliphatic heterocycles. The fourth-order valence-corrected chi connectivity index (χ4v) is 2.74. The van der Waals surface area contributed by atoms with Gasteiger partial charge in [0, 0.05) is 59.7 Å². The minimum absolute atomic E-state index is 0.0478. The van der Waals surface area contributed by atoms with Crippen molar-refractivity contribution in [3.05, 3.63) is 0 Å². The molecule has 3 amide bonds. The maximum absolute atomic E-state index is 11.4. The van der Waals surface area contributed by atoms with Gasteiger partial charge in [-0.15, -0.1) is 0 Å². The van der Waals surface area contributed by atoms with Crippen LogP contribution in [0.1, 0.15) is 32.6 Å². The van der Waals surface area contributed by atoms with Gasteiger partial charge in [0.15, 0.2) is 0 Å². The van der Waals surface area contributed by atoms with Crippen LogP contribution in [0.5, 0.6) is 0 Å². The molecule has 180 valence electrons. The van der Waals surface area contributed by atoms with Crippen molar-refractivity contribution in [3.63, 3.8) is 0 Å². The summed E-state index contributed by atoms with van der Waals surface area (Å²) in [4.78, 5) is 36.8. The van der Waals surface area contributed by atoms with Crippen LogP contribution in [0, 0.1) is 0 Å². The highest BCUT2D eigenvalue weighted by molar-refractivity contribution is 6.01. The lowest BCUT2D eigenvalue weighted by molar-refractivity contribution is -0.139. The van der Waals surface area contributed by atoms with Gasteiger partial charge in [0.1, 0.15) is 0 Å². The Kier molecular flexibility index (Phi) is 16.0. The molecule has 1 heterocycles. The first-order chi connectivity index (χ1) is 15.0. The SMILES string of the molecule is CC(=O)N(C)CCOCCCCOCCOCCNCCOCCN1C(=O)CCC1=O. The number of amides is 3. The molecule has 0 aromatic rings. The van der Waals surface area contributed by atoms with E-state index in [1.54, 1.807) is 18.9 Å². The summed E-state index contributed by atoms with van der Waals surface area (Å²) in [6, 6.07) is 0. The molecular weight excluding hydrogens is 406 g/mol. The second kappa shape index (κ2) is 18.0. The molecule has 1 saturated heterocycles. The van der Waals surface area contributed by atoms with Gasteiger partial charge in [0.05, 0.1) is 46.2 Å². The molecule has 10 heteroatoms. The molecule has 1 aliphatic rings. The van der Waals surface area contributed by atoms with Gasteiger partial charge in [-0.1, -0.05) is 0 Å². The number of carbonyl (C=O) groups excluding carboxylic acids is 3. The Hall–Kier alpha value is -1.59. The highest BCUT2D eigenvalue weighted by Gasteiger charge is 2.28. The maximum Gasteiger partial charge on any atom is 0.229 e. The van der Waals surface area contributed by atoms with Gasteiger partial charge < -0.3 is 29.2 Å². The van der Waals surface area contributed by atoms with Crippen LogP contribution in [0.15, 0.2) is 0 Å². The number of nitrogens with zero attached hydrogens (tertiary/aromatic N) is 2. The minimum Gasteiger partial charge on any atom is -0.380 e. The number of likely N-dealkylation sites (N-methyl/N-ethyl adjacent to an activating group) is 1. The molecule has 0 aromatic heterocycles. The van der Waals surface area contributed by atoms with Crippen molar-refractivity contribution in [2.45, 2.75) is 32.6 Å². The molecule has 0 radical (unpaired) electrons. The first-order valence-electron chi connectivity index (χ1n) is 11.1. The van der Waals surface area contributed by atoms with Crippen LogP contribution in [0.2, 0.25) is 0 Å². The van der Waals surface area contributed by atoms with E-state index in [4.69, 9.17) is 18.9 Å². The lowest BCUT2D eigenvalue weighted by Gasteiger charge is -2.14. The van der Waals surface area contributed by atoms with Crippen LogP contribution in [0.3, 0.4) is 0 Å². The topological polar surface area (TPSA) is 107 Å². The van der Waals surface area contributed by atoms with Gasteiger partial charge >= 0.3 is 0 Å². The summed E-state index contributed by atoms with van der Waals surface area (Å²) in [6.45, 7) is 8.46. The number of unbranched alkanes of at least 4 members (excludes halogenated alkanes) is 1. The molecule has 1 fully saturated rings. The van der Waals surface area contributed by atoms with Crippen molar-refractivity contribution in [3.8, 4) is 0 Å². The third kappa shape index (κ3) is 14.2. The zero-order valence-electron chi connectivity index (χ0n) is 19.1. The van der Waals surface area contributed by atoms with Crippen molar-refractivity contribution in [2.24, 2.45) is 0 Å². The highest BCUT2D eigenvalue weighted by atomic mass is 16.5. The van der Waals surface area contributed by atoms with Gasteiger partial charge in [-0.3, -0.25) is 19.3 Å². The molecule has 10 nitrogen and oxygen atoms in total. The summed E-state index contributed by atoms with van der Waals surface area (Å²) in [6.07, 6.45) is 2.51. The molecule has 0 spiro atoms. The number of rotatable bonds is 20. The number of imide groups is 1. The molecule has 0 bridgehead atoms. The number of nitrogens with one attached hydrogen (secondary N) is 1. The van der Waals surface area contributed by atoms with Crippen molar-refractivity contribution in [2.75, 3.05) is 86.1 Å². The van der Waals surface area contributed by atoms with E-state index in [0.29, 0.717) is 85.3 Å². The fraction of sp³-hybridized carbons (Fsp3) is 0.857. The molecule has 0 aliphatic carbocycles. The third-order valence-corrected chi connectivity index (χ3v) is 4.77. The Labute approximate surface area is 185 Å². The zero-order chi connectivity index (χ0) is 22.7. The zero-order valence-corrected chi connectivity index (χ0v) is 19.1. The number of hydrogen-bond acceptors (Lipinski definition) is 8. The van der Waals surface area contributed by atoms with Gasteiger partial charge in [-0.05, 0) is 12.8 Å². The minimum atomic E-state index is -0.104. The van der Waals surface area contributed by atoms with E-state index in [1.165, 1.54) is 4.90 Å². The van der Waals surface area contributed by atoms with E-state index in [-0.39, 0.29) is 17.7 Å². The Balaban J connectivity index is 1.71. The number of likely N-dealkylation sites (tertiary alicyclic amines) is 1. The number of ether oxygens (including phenoxy) is 4. The van der Waals surface area contributed by atoms with E-state index in [1.807, 2.05) is 0 Å². The van der Waals surface area contributed by atoms with E-state index in [9.17, 15) is 14.4 Å². The normalized spacial score (nSPS) is 13.9. The van der Waals surface area contributed by atoms with Crippen LogP contribution in [0.4, 0.5) is 0 Å². The molecule has 0 saturated carbocycles. The second-order valence-corrected chi connectivity index (χ2v) is 7.29. The van der Waals surface area contributed by atoms with E-state index < -0.39 is 0 Å². The smallest absolute Gasteiger partial charge is 0.229 e. The molecule has 1 rings (SSSR count). The van der Waals surface area contributed by atoms with Crippen LogP contribution < -0.4 is 5.32 Å². The summed E-state index contributed by atoms with van der Waals surface area (Å²) in [7, 11) is 1.76. The Bertz CT molecular complexity index is 503. The van der Waals surface area contributed by atoms with Crippen molar-refractivity contribution in [1.29, 1.82) is 0 Å². The third-order valence-electron chi connectivity index (χ3n) is 4.77. The predicted molar refractivity (Wildman–Crippen MR) is 115 cm³/mol. The van der Waals surface area contributed by atoms with Crippen LogP contribution in [-0.4, -0.2) is 114 Å². The molecular formula is C21H39N3O7. The second-order valence-electron chi connectivity index (χ2n) is 7.29. The lowest BCUT2D eigenvalue weighted by Crippen LogP contribution is -2.33. The lowest BCUT2D eigenvalue weighted by atomic mass is 10.3. The summed E-state index contributed by atoms with van der Waals surface area (Å²) in [5, 5.41) is 3.21. The van der Waals surface area contributed by atoms with Gasteiger partial charge in [-0.2, -0.15) is 0 Å². The first kappa shape index (κ1) is 27.4. The average Bonchev–Trinajstić information content (AvgIpc) is 3.07. The standard InChI is InChI=1S/C21H39N3O7/c1-19(25)23(2)9-15-28-11-3-4-12-29-17-18-31-14-8-22-7-13-30-16-10-24-20(26)5-6-21(24)27/h22H,3-18H2,1-2H3. The number of carbonyl (C=O) groups is 3. The van der Waals surface area contributed by atoms with Crippen LogP contribution in [-0.2, 0) is 33.3 Å². The van der Waals surface area contributed by atoms with Crippen molar-refractivity contribution >= 4 is 17.7 Å². The molecule has 0 aromatic carbocycles. The summed E-state index contributed by atoms with van der Waals surface area (Å²) < 4.78 is 21.9. The summed E-state index contributed by atoms with van der Waals surface area (Å²) in [5.41, 5.74) is 0. The van der Waals surface area contributed by atoms with E-state index in [0.717, 1.165) is 19.4 Å². The monoisotopic (exact) mass is 445 g/mol. The van der Waals surface area contributed by atoms with Gasteiger partial charge in [-0.25, -0.2) is 0 Å². The Morgan fingerprint density at radius 2 is 1.35 bits per heavy atom. The Morgan fingerprint density at radius 3 is 1.94 bits per heavy atom. The summed E-state index contributed by atoms with van der Waals surface area (Å²) >= 11 is 0. The highest BCUT2D eigenvalue weighted by Crippen LogP contribution is 2.10. The van der Waals surface area contributed by atoms with Gasteiger partial charge in [0.2, 0.25) is 17.7 Å². The van der Waals surface area contributed by atoms with E-state index >= 15 is 0 Å². The van der Waals surface area contributed by atoms with Gasteiger partial charge in [0.25, 0.3) is 0 Å². The average molecular weight is 446 g/mol. The van der Waals surface area contributed by atoms with Crippen molar-refractivity contribution in [1.82, 2.24) is 15.1 Å². The number of hydrogen-bond donors (Lipinski definition) is 1. The van der Waals surface area contributed by atoms with Crippen LogP contribution in [0.25, 0.3) is 0 Å².